The maximum Gasteiger partial charge on any atom is 0.220 e. The lowest BCUT2D eigenvalue weighted by molar-refractivity contribution is 1.09. The Bertz CT molecular complexity index is 2510. The van der Waals surface area contributed by atoms with Crippen molar-refractivity contribution in [2.75, 3.05) is 0 Å². The van der Waals surface area contributed by atoms with Gasteiger partial charge in [-0.1, -0.05) is 48.5 Å². The fourth-order valence-corrected chi connectivity index (χ4v) is 6.29. The highest BCUT2D eigenvalue weighted by molar-refractivity contribution is 5.96. The molecule has 4 heterocycles. The molecule has 40 heavy (non-hydrogen) atoms. The maximum atomic E-state index is 9.53. The largest absolute Gasteiger partial charge is 0.294 e. The van der Waals surface area contributed by atoms with Crippen LogP contribution in [0.1, 0.15) is 5.56 Å². The highest BCUT2D eigenvalue weighted by Gasteiger charge is 2.19. The van der Waals surface area contributed by atoms with E-state index in [0.717, 1.165) is 50.4 Å². The molecule has 9 rings (SSSR count). The Morgan fingerprint density at radius 1 is 0.525 bits per heavy atom. The van der Waals surface area contributed by atoms with Crippen LogP contribution in [0.25, 0.3) is 66.8 Å². The lowest BCUT2D eigenvalue weighted by Gasteiger charge is -2.10. The molecule has 0 spiro atoms. The van der Waals surface area contributed by atoms with Crippen LogP contribution >= 0.6 is 0 Å². The van der Waals surface area contributed by atoms with Gasteiger partial charge in [0.15, 0.2) is 0 Å². The molecule has 0 radical (unpaired) electrons. The van der Waals surface area contributed by atoms with E-state index in [-0.39, 0.29) is 0 Å². The van der Waals surface area contributed by atoms with Gasteiger partial charge in [0.2, 0.25) is 5.78 Å². The van der Waals surface area contributed by atoms with Crippen LogP contribution in [-0.4, -0.2) is 22.9 Å². The minimum Gasteiger partial charge on any atom is -0.294 e. The summed E-state index contributed by atoms with van der Waals surface area (Å²) in [5.74, 6) is 0.819. The number of imidazole rings is 3. The third-order valence-electron chi connectivity index (χ3n) is 7.96. The molecule has 0 amide bonds. The van der Waals surface area contributed by atoms with Crippen LogP contribution in [0.4, 0.5) is 0 Å². The number of hydrogen-bond acceptors (Lipinski definition) is 2. The van der Waals surface area contributed by atoms with Gasteiger partial charge in [0, 0.05) is 11.1 Å². The first-order chi connectivity index (χ1) is 19.8. The highest BCUT2D eigenvalue weighted by atomic mass is 15.2. The zero-order valence-electron chi connectivity index (χ0n) is 21.2. The first-order valence-corrected chi connectivity index (χ1v) is 13.2. The molecule has 0 fully saturated rings. The number of benzene rings is 5. The van der Waals surface area contributed by atoms with E-state index in [1.165, 1.54) is 16.4 Å². The van der Waals surface area contributed by atoms with Crippen LogP contribution in [0.3, 0.4) is 0 Å². The first-order valence-electron chi connectivity index (χ1n) is 13.2. The standard InChI is InChI=1S/C34H20N6/c35-21-22-16-17-26-32(18-22)40-31-15-6-4-13-29(31)38(34(40)36-26)25-10-7-9-24(20-25)37-28-12-3-5-14-30(28)39-27-11-2-1-8-23(27)19-33(37)39/h1-20H. The molecular weight excluding hydrogens is 492 g/mol. The Labute approximate surface area is 227 Å². The summed E-state index contributed by atoms with van der Waals surface area (Å²) < 4.78 is 9.04. The number of nitriles is 1. The van der Waals surface area contributed by atoms with Gasteiger partial charge < -0.3 is 0 Å². The Morgan fingerprint density at radius 2 is 1.18 bits per heavy atom. The van der Waals surface area contributed by atoms with E-state index in [2.05, 4.69) is 121 Å². The number of aromatic nitrogens is 5. The molecular formula is C34H20N6. The lowest BCUT2D eigenvalue weighted by Crippen LogP contribution is -1.99. The van der Waals surface area contributed by atoms with Crippen LogP contribution in [0, 0.1) is 11.3 Å². The van der Waals surface area contributed by atoms with E-state index in [1.807, 2.05) is 24.3 Å². The lowest BCUT2D eigenvalue weighted by atomic mass is 10.2. The van der Waals surface area contributed by atoms with Crippen molar-refractivity contribution in [3.05, 3.63) is 127 Å². The molecule has 0 aliphatic carbocycles. The average Bonchev–Trinajstić information content (AvgIpc) is 3.73. The molecule has 0 saturated heterocycles. The molecule has 6 heteroatoms. The second kappa shape index (κ2) is 7.62. The summed E-state index contributed by atoms with van der Waals surface area (Å²) >= 11 is 0. The van der Waals surface area contributed by atoms with E-state index in [0.29, 0.717) is 5.56 Å². The molecule has 9 aromatic rings. The molecule has 0 aliphatic rings. The van der Waals surface area contributed by atoms with Gasteiger partial charge in [0.05, 0.1) is 55.9 Å². The summed E-state index contributed by atoms with van der Waals surface area (Å²) in [7, 11) is 0. The van der Waals surface area contributed by atoms with E-state index >= 15 is 0 Å². The topological polar surface area (TPSA) is 55.4 Å². The normalized spacial score (nSPS) is 12.0. The van der Waals surface area contributed by atoms with Gasteiger partial charge in [-0.2, -0.15) is 5.26 Å². The SMILES string of the molecule is N#Cc1ccc2nc3n(-c4cccc(-n5c6ccccc6n6c7ccccc7cc56)c4)c4ccccc4n3c2c1. The van der Waals surface area contributed by atoms with E-state index in [1.54, 1.807) is 0 Å². The second-order valence-corrected chi connectivity index (χ2v) is 10.1. The molecule has 6 nitrogen and oxygen atoms in total. The molecule has 0 atom stereocenters. The summed E-state index contributed by atoms with van der Waals surface area (Å²) in [5.41, 5.74) is 11.3. The monoisotopic (exact) mass is 512 g/mol. The number of para-hydroxylation sites is 5. The minimum absolute atomic E-state index is 0.621. The van der Waals surface area contributed by atoms with Crippen molar-refractivity contribution in [2.45, 2.75) is 0 Å². The van der Waals surface area contributed by atoms with Crippen molar-refractivity contribution in [1.29, 1.82) is 5.26 Å². The zero-order chi connectivity index (χ0) is 26.4. The molecule has 186 valence electrons. The third kappa shape index (κ3) is 2.68. The van der Waals surface area contributed by atoms with Crippen LogP contribution in [0.5, 0.6) is 0 Å². The van der Waals surface area contributed by atoms with Crippen LogP contribution in [0.2, 0.25) is 0 Å². The fourth-order valence-electron chi connectivity index (χ4n) is 6.29. The van der Waals surface area contributed by atoms with Gasteiger partial charge in [0.25, 0.3) is 0 Å². The van der Waals surface area contributed by atoms with Crippen molar-refractivity contribution >= 4 is 55.4 Å². The number of fused-ring (bicyclic) bond motifs is 10. The molecule has 5 aromatic carbocycles. The van der Waals surface area contributed by atoms with Crippen molar-refractivity contribution < 1.29 is 0 Å². The van der Waals surface area contributed by atoms with Gasteiger partial charge in [-0.05, 0) is 72.8 Å². The Hall–Kier alpha value is -5.80. The number of hydrogen-bond donors (Lipinski definition) is 0. The summed E-state index contributed by atoms with van der Waals surface area (Å²) in [6, 6.07) is 44.3. The van der Waals surface area contributed by atoms with Crippen LogP contribution in [-0.2, 0) is 0 Å². The molecule has 0 bridgehead atoms. The Balaban J connectivity index is 1.36. The summed E-state index contributed by atoms with van der Waals surface area (Å²) in [6.45, 7) is 0. The summed E-state index contributed by atoms with van der Waals surface area (Å²) in [4.78, 5) is 5.03. The van der Waals surface area contributed by atoms with Gasteiger partial charge >= 0.3 is 0 Å². The highest BCUT2D eigenvalue weighted by Crippen LogP contribution is 2.34. The summed E-state index contributed by atoms with van der Waals surface area (Å²) in [5, 5.41) is 10.7. The van der Waals surface area contributed by atoms with Gasteiger partial charge in [-0.15, -0.1) is 0 Å². The Kier molecular flexibility index (Phi) is 4.03. The van der Waals surface area contributed by atoms with Crippen molar-refractivity contribution in [3.63, 3.8) is 0 Å². The minimum atomic E-state index is 0.621. The van der Waals surface area contributed by atoms with E-state index < -0.39 is 0 Å². The van der Waals surface area contributed by atoms with Crippen LogP contribution in [0.15, 0.2) is 121 Å². The Morgan fingerprint density at radius 3 is 1.95 bits per heavy atom. The number of nitrogens with zero attached hydrogens (tertiary/aromatic N) is 6. The van der Waals surface area contributed by atoms with Crippen molar-refractivity contribution in [2.24, 2.45) is 0 Å². The van der Waals surface area contributed by atoms with Crippen molar-refractivity contribution in [1.82, 2.24) is 22.9 Å². The van der Waals surface area contributed by atoms with Crippen LogP contribution < -0.4 is 0 Å². The third-order valence-corrected chi connectivity index (χ3v) is 7.96. The van der Waals surface area contributed by atoms with Gasteiger partial charge in [-0.25, -0.2) is 4.98 Å². The number of rotatable bonds is 2. The maximum absolute atomic E-state index is 9.53. The predicted molar refractivity (Wildman–Crippen MR) is 160 cm³/mol. The molecule has 0 N–H and O–H groups in total. The molecule has 4 aromatic heterocycles. The first kappa shape index (κ1) is 21.2. The smallest absolute Gasteiger partial charge is 0.220 e. The summed E-state index contributed by atoms with van der Waals surface area (Å²) in [6.07, 6.45) is 0. The predicted octanol–water partition coefficient (Wildman–Crippen LogP) is 7.65. The molecule has 0 unspecified atom stereocenters. The van der Waals surface area contributed by atoms with E-state index in [9.17, 15) is 5.26 Å². The average molecular weight is 513 g/mol. The quantitative estimate of drug-likeness (QED) is 0.239. The zero-order valence-corrected chi connectivity index (χ0v) is 21.2. The fraction of sp³-hybridized carbons (Fsp3) is 0. The van der Waals surface area contributed by atoms with E-state index in [4.69, 9.17) is 4.98 Å². The van der Waals surface area contributed by atoms with Crippen molar-refractivity contribution in [3.8, 4) is 17.4 Å². The second-order valence-electron chi connectivity index (χ2n) is 10.1. The molecule has 0 saturated carbocycles. The van der Waals surface area contributed by atoms with Gasteiger partial charge in [0.1, 0.15) is 5.65 Å². The molecule has 0 aliphatic heterocycles. The van der Waals surface area contributed by atoms with Gasteiger partial charge in [-0.3, -0.25) is 17.9 Å².